The van der Waals surface area contributed by atoms with Crippen LogP contribution in [0.3, 0.4) is 0 Å². The molecule has 3 heterocycles. The summed E-state index contributed by atoms with van der Waals surface area (Å²) in [5.74, 6) is 0.809. The van der Waals surface area contributed by atoms with Gasteiger partial charge in [-0.05, 0) is 66.3 Å². The maximum Gasteiger partial charge on any atom is 0.264 e. The molecule has 1 aliphatic carbocycles. The second-order valence-electron chi connectivity index (χ2n) is 8.37. The van der Waals surface area contributed by atoms with E-state index in [9.17, 15) is 9.59 Å². The number of hydrogen-bond donors (Lipinski definition) is 0. The Morgan fingerprint density at radius 1 is 1.09 bits per heavy atom. The molecule has 0 bridgehead atoms. The van der Waals surface area contributed by atoms with Crippen LogP contribution in [0.5, 0.6) is 5.75 Å². The standard InChI is InChI=1S/C25H26N2O3S2/c1-17-5-2-3-6-21(17)30-16-20-19-11-14-32-22(19)10-12-26(20)24(28)15-27(18-8-9-18)25(29)23-7-4-13-31-23/h2-7,11,13-14,18,20H,8-10,12,15-16H2,1H3/t20-/m0/s1. The van der Waals surface area contributed by atoms with E-state index in [2.05, 4.69) is 11.4 Å². The molecule has 3 aromatic rings. The molecule has 0 unspecified atom stereocenters. The fourth-order valence-electron chi connectivity index (χ4n) is 4.29. The van der Waals surface area contributed by atoms with Crippen LogP contribution in [0, 0.1) is 6.92 Å². The summed E-state index contributed by atoms with van der Waals surface area (Å²) in [5, 5.41) is 4.00. The van der Waals surface area contributed by atoms with Crippen LogP contribution in [-0.2, 0) is 11.2 Å². The molecule has 1 atom stereocenters. The van der Waals surface area contributed by atoms with Crippen molar-refractivity contribution >= 4 is 34.5 Å². The largest absolute Gasteiger partial charge is 0.491 e. The topological polar surface area (TPSA) is 49.9 Å². The van der Waals surface area contributed by atoms with Gasteiger partial charge in [0.1, 0.15) is 18.9 Å². The average molecular weight is 467 g/mol. The van der Waals surface area contributed by atoms with Crippen LogP contribution in [0.1, 0.15) is 44.6 Å². The fraction of sp³-hybridized carbons (Fsp3) is 0.360. The van der Waals surface area contributed by atoms with Crippen molar-refractivity contribution in [3.8, 4) is 5.75 Å². The Morgan fingerprint density at radius 2 is 1.94 bits per heavy atom. The van der Waals surface area contributed by atoms with E-state index in [1.54, 1.807) is 16.2 Å². The fourth-order valence-corrected chi connectivity index (χ4v) is 5.90. The Hall–Kier alpha value is -2.64. The molecule has 1 aliphatic heterocycles. The van der Waals surface area contributed by atoms with Gasteiger partial charge >= 0.3 is 0 Å². The molecular formula is C25H26N2O3S2. The van der Waals surface area contributed by atoms with Crippen molar-refractivity contribution in [2.24, 2.45) is 0 Å². The number of rotatable bonds is 7. The van der Waals surface area contributed by atoms with Crippen molar-refractivity contribution < 1.29 is 14.3 Å². The SMILES string of the molecule is Cc1ccccc1OC[C@H]1c2ccsc2CCN1C(=O)CN(C(=O)c1cccs1)C1CC1. The van der Waals surface area contributed by atoms with E-state index in [1.807, 2.05) is 53.6 Å². The van der Waals surface area contributed by atoms with E-state index in [0.29, 0.717) is 18.0 Å². The van der Waals surface area contributed by atoms with Gasteiger partial charge in [-0.25, -0.2) is 0 Å². The molecule has 1 saturated carbocycles. The van der Waals surface area contributed by atoms with Gasteiger partial charge in [0.2, 0.25) is 5.91 Å². The molecule has 5 rings (SSSR count). The van der Waals surface area contributed by atoms with Crippen molar-refractivity contribution in [2.75, 3.05) is 19.7 Å². The van der Waals surface area contributed by atoms with Gasteiger partial charge in [0.25, 0.3) is 5.91 Å². The molecule has 0 spiro atoms. The normalized spacial score (nSPS) is 17.7. The first kappa shape index (κ1) is 21.2. The summed E-state index contributed by atoms with van der Waals surface area (Å²) in [5.41, 5.74) is 2.25. The molecule has 166 valence electrons. The highest BCUT2D eigenvalue weighted by molar-refractivity contribution is 7.12. The highest BCUT2D eigenvalue weighted by atomic mass is 32.1. The minimum absolute atomic E-state index is 0.00274. The van der Waals surface area contributed by atoms with E-state index >= 15 is 0 Å². The number of carbonyl (C=O) groups is 2. The lowest BCUT2D eigenvalue weighted by molar-refractivity contribution is -0.135. The molecule has 0 radical (unpaired) electrons. The number of aryl methyl sites for hydroxylation is 1. The van der Waals surface area contributed by atoms with Gasteiger partial charge < -0.3 is 14.5 Å². The van der Waals surface area contributed by atoms with Crippen LogP contribution >= 0.6 is 22.7 Å². The van der Waals surface area contributed by atoms with Gasteiger partial charge in [-0.2, -0.15) is 0 Å². The number of carbonyl (C=O) groups excluding carboxylic acids is 2. The number of nitrogens with zero attached hydrogens (tertiary/aromatic N) is 2. The number of amides is 2. The summed E-state index contributed by atoms with van der Waals surface area (Å²) < 4.78 is 6.19. The second kappa shape index (κ2) is 9.08. The van der Waals surface area contributed by atoms with Crippen molar-refractivity contribution in [3.63, 3.8) is 0 Å². The minimum Gasteiger partial charge on any atom is -0.491 e. The summed E-state index contributed by atoms with van der Waals surface area (Å²) in [6.45, 7) is 3.21. The van der Waals surface area contributed by atoms with Crippen LogP contribution in [0.25, 0.3) is 0 Å². The third kappa shape index (κ3) is 4.32. The lowest BCUT2D eigenvalue weighted by Crippen LogP contribution is -2.48. The second-order valence-corrected chi connectivity index (χ2v) is 10.3. The number of fused-ring (bicyclic) bond motifs is 1. The monoisotopic (exact) mass is 466 g/mol. The van der Waals surface area contributed by atoms with Crippen molar-refractivity contribution in [3.05, 3.63) is 74.1 Å². The zero-order chi connectivity index (χ0) is 22.1. The molecule has 2 amide bonds. The Kier molecular flexibility index (Phi) is 6.02. The molecule has 1 aromatic carbocycles. The zero-order valence-electron chi connectivity index (χ0n) is 18.0. The zero-order valence-corrected chi connectivity index (χ0v) is 19.7. The van der Waals surface area contributed by atoms with E-state index < -0.39 is 0 Å². The predicted molar refractivity (Wildman–Crippen MR) is 128 cm³/mol. The number of para-hydroxylation sites is 1. The molecule has 2 aliphatic rings. The first-order chi connectivity index (χ1) is 15.6. The van der Waals surface area contributed by atoms with Gasteiger partial charge in [-0.3, -0.25) is 9.59 Å². The maximum absolute atomic E-state index is 13.5. The Labute approximate surface area is 196 Å². The molecule has 32 heavy (non-hydrogen) atoms. The van der Waals surface area contributed by atoms with Crippen molar-refractivity contribution in [2.45, 2.75) is 38.3 Å². The van der Waals surface area contributed by atoms with E-state index in [0.717, 1.165) is 30.6 Å². The van der Waals surface area contributed by atoms with Crippen LogP contribution in [-0.4, -0.2) is 47.4 Å². The summed E-state index contributed by atoms with van der Waals surface area (Å²) in [4.78, 5) is 32.3. The quantitative estimate of drug-likeness (QED) is 0.496. The van der Waals surface area contributed by atoms with E-state index in [-0.39, 0.29) is 30.4 Å². The Bertz CT molecular complexity index is 1100. The minimum atomic E-state index is -0.144. The lowest BCUT2D eigenvalue weighted by atomic mass is 10.0. The number of hydrogen-bond acceptors (Lipinski definition) is 5. The highest BCUT2D eigenvalue weighted by Crippen LogP contribution is 2.35. The first-order valence-electron chi connectivity index (χ1n) is 11.0. The Morgan fingerprint density at radius 3 is 2.69 bits per heavy atom. The van der Waals surface area contributed by atoms with Crippen LogP contribution in [0.2, 0.25) is 0 Å². The summed E-state index contributed by atoms with van der Waals surface area (Å²) in [6.07, 6.45) is 2.79. The van der Waals surface area contributed by atoms with Gasteiger partial charge in [0, 0.05) is 17.5 Å². The summed E-state index contributed by atoms with van der Waals surface area (Å²) >= 11 is 3.17. The van der Waals surface area contributed by atoms with E-state index in [4.69, 9.17) is 4.74 Å². The van der Waals surface area contributed by atoms with Gasteiger partial charge in [0.15, 0.2) is 0 Å². The number of ether oxygens (including phenoxy) is 1. The van der Waals surface area contributed by atoms with Gasteiger partial charge in [-0.15, -0.1) is 22.7 Å². The van der Waals surface area contributed by atoms with Gasteiger partial charge in [0.05, 0.1) is 10.9 Å². The molecule has 5 nitrogen and oxygen atoms in total. The van der Waals surface area contributed by atoms with Crippen molar-refractivity contribution in [1.82, 2.24) is 9.80 Å². The molecule has 1 fully saturated rings. The Balaban J connectivity index is 1.35. The summed E-state index contributed by atoms with van der Waals surface area (Å²) in [7, 11) is 0. The maximum atomic E-state index is 13.5. The van der Waals surface area contributed by atoms with E-state index in [1.165, 1.54) is 21.8 Å². The first-order valence-corrected chi connectivity index (χ1v) is 12.8. The average Bonchev–Trinajstić information content (AvgIpc) is 3.28. The predicted octanol–water partition coefficient (Wildman–Crippen LogP) is 4.93. The molecule has 0 saturated heterocycles. The third-order valence-corrected chi connectivity index (χ3v) is 8.05. The molecule has 7 heteroatoms. The highest BCUT2D eigenvalue weighted by Gasteiger charge is 2.38. The summed E-state index contributed by atoms with van der Waals surface area (Å²) in [6, 6.07) is 13.8. The van der Waals surface area contributed by atoms with Crippen LogP contribution in [0.15, 0.2) is 53.2 Å². The van der Waals surface area contributed by atoms with Crippen LogP contribution < -0.4 is 4.74 Å². The van der Waals surface area contributed by atoms with Crippen LogP contribution in [0.4, 0.5) is 0 Å². The third-order valence-electron chi connectivity index (χ3n) is 6.19. The number of benzene rings is 1. The smallest absolute Gasteiger partial charge is 0.264 e. The van der Waals surface area contributed by atoms with Crippen molar-refractivity contribution in [1.29, 1.82) is 0 Å². The van der Waals surface area contributed by atoms with Gasteiger partial charge in [-0.1, -0.05) is 24.3 Å². The molecule has 2 aromatic heterocycles. The number of thiophene rings is 2. The molecule has 0 N–H and O–H groups in total. The lowest BCUT2D eigenvalue weighted by Gasteiger charge is -2.37. The molecular weight excluding hydrogens is 440 g/mol.